The van der Waals surface area contributed by atoms with Crippen LogP contribution in [0.1, 0.15) is 37.2 Å². The SMILES string of the molecule is CCC(CC)(CN)Nc1nccnc1C(N)=O. The zero-order valence-electron chi connectivity index (χ0n) is 10.2. The van der Waals surface area contributed by atoms with Crippen molar-refractivity contribution in [3.8, 4) is 0 Å². The van der Waals surface area contributed by atoms with E-state index in [2.05, 4.69) is 15.3 Å². The second kappa shape index (κ2) is 5.58. The summed E-state index contributed by atoms with van der Waals surface area (Å²) in [6.45, 7) is 4.52. The molecule has 6 nitrogen and oxygen atoms in total. The molecule has 94 valence electrons. The van der Waals surface area contributed by atoms with E-state index < -0.39 is 5.91 Å². The van der Waals surface area contributed by atoms with E-state index in [0.29, 0.717) is 12.4 Å². The molecule has 0 aliphatic heterocycles. The fraction of sp³-hybridized carbons (Fsp3) is 0.545. The number of nitrogens with zero attached hydrogens (tertiary/aromatic N) is 2. The van der Waals surface area contributed by atoms with Crippen molar-refractivity contribution in [2.24, 2.45) is 11.5 Å². The van der Waals surface area contributed by atoms with Crippen LogP contribution in [0.3, 0.4) is 0 Å². The van der Waals surface area contributed by atoms with Gasteiger partial charge in [-0.2, -0.15) is 0 Å². The van der Waals surface area contributed by atoms with Crippen LogP contribution >= 0.6 is 0 Å². The number of hydrogen-bond donors (Lipinski definition) is 3. The third-order valence-corrected chi connectivity index (χ3v) is 3.06. The van der Waals surface area contributed by atoms with Crippen LogP contribution in [0.15, 0.2) is 12.4 Å². The van der Waals surface area contributed by atoms with Gasteiger partial charge >= 0.3 is 0 Å². The van der Waals surface area contributed by atoms with Crippen molar-refractivity contribution < 1.29 is 4.79 Å². The largest absolute Gasteiger partial charge is 0.364 e. The number of nitrogens with two attached hydrogens (primary N) is 2. The lowest BCUT2D eigenvalue weighted by molar-refractivity contribution is 0.0996. The summed E-state index contributed by atoms with van der Waals surface area (Å²) in [5.41, 5.74) is 10.9. The fourth-order valence-electron chi connectivity index (χ4n) is 1.63. The fourth-order valence-corrected chi connectivity index (χ4v) is 1.63. The monoisotopic (exact) mass is 237 g/mol. The third kappa shape index (κ3) is 2.91. The van der Waals surface area contributed by atoms with Crippen molar-refractivity contribution in [3.05, 3.63) is 18.1 Å². The number of carbonyl (C=O) groups excluding carboxylic acids is 1. The van der Waals surface area contributed by atoms with Crippen molar-refractivity contribution in [2.75, 3.05) is 11.9 Å². The number of nitrogens with one attached hydrogen (secondary N) is 1. The maximum Gasteiger partial charge on any atom is 0.271 e. The average Bonchev–Trinajstić information content (AvgIpc) is 2.36. The summed E-state index contributed by atoms with van der Waals surface area (Å²) < 4.78 is 0. The number of anilines is 1. The third-order valence-electron chi connectivity index (χ3n) is 3.06. The highest BCUT2D eigenvalue weighted by molar-refractivity contribution is 5.95. The highest BCUT2D eigenvalue weighted by Crippen LogP contribution is 2.21. The predicted octanol–water partition coefficient (Wildman–Crippen LogP) is 0.505. The summed E-state index contributed by atoms with van der Waals surface area (Å²) >= 11 is 0. The molecule has 0 aliphatic carbocycles. The van der Waals surface area contributed by atoms with Gasteiger partial charge in [-0.3, -0.25) is 4.79 Å². The quantitative estimate of drug-likeness (QED) is 0.668. The molecule has 0 saturated heterocycles. The molecule has 0 saturated carbocycles. The zero-order valence-corrected chi connectivity index (χ0v) is 10.2. The first-order valence-electron chi connectivity index (χ1n) is 5.67. The predicted molar refractivity (Wildman–Crippen MR) is 66.5 cm³/mol. The Labute approximate surface area is 101 Å². The van der Waals surface area contributed by atoms with Crippen molar-refractivity contribution in [1.29, 1.82) is 0 Å². The molecule has 1 heterocycles. The number of primary amides is 1. The van der Waals surface area contributed by atoms with Crippen LogP contribution in [0.2, 0.25) is 0 Å². The summed E-state index contributed by atoms with van der Waals surface area (Å²) in [5.74, 6) is -0.201. The Balaban J connectivity index is 3.05. The molecule has 6 heteroatoms. The van der Waals surface area contributed by atoms with E-state index in [1.807, 2.05) is 13.8 Å². The molecule has 0 atom stereocenters. The van der Waals surface area contributed by atoms with Gasteiger partial charge in [0.15, 0.2) is 11.5 Å². The van der Waals surface area contributed by atoms with E-state index in [9.17, 15) is 4.79 Å². The molecular formula is C11H19N5O. The first-order chi connectivity index (χ1) is 8.08. The standard InChI is InChI=1S/C11H19N5O/c1-3-11(4-2,7-12)16-10-8(9(13)17)14-5-6-15-10/h5-6H,3-4,7,12H2,1-2H3,(H2,13,17)(H,15,16). The molecule has 0 radical (unpaired) electrons. The van der Waals surface area contributed by atoms with Gasteiger partial charge in [0.1, 0.15) is 0 Å². The molecule has 0 fully saturated rings. The molecule has 0 aliphatic rings. The number of hydrogen-bond acceptors (Lipinski definition) is 5. The maximum atomic E-state index is 11.2. The van der Waals surface area contributed by atoms with Gasteiger partial charge < -0.3 is 16.8 Å². The minimum absolute atomic E-state index is 0.146. The van der Waals surface area contributed by atoms with Gasteiger partial charge in [-0.1, -0.05) is 13.8 Å². The Morgan fingerprint density at radius 3 is 2.41 bits per heavy atom. The van der Waals surface area contributed by atoms with E-state index in [4.69, 9.17) is 11.5 Å². The molecule has 0 spiro atoms. The average molecular weight is 237 g/mol. The number of rotatable bonds is 6. The molecule has 0 aromatic carbocycles. The van der Waals surface area contributed by atoms with Gasteiger partial charge in [0.25, 0.3) is 5.91 Å². The highest BCUT2D eigenvalue weighted by Gasteiger charge is 2.26. The summed E-state index contributed by atoms with van der Waals surface area (Å²) in [6, 6.07) is 0. The summed E-state index contributed by atoms with van der Waals surface area (Å²) in [5, 5.41) is 3.19. The minimum Gasteiger partial charge on any atom is -0.364 e. The lowest BCUT2D eigenvalue weighted by Crippen LogP contribution is -2.45. The van der Waals surface area contributed by atoms with Gasteiger partial charge in [-0.15, -0.1) is 0 Å². The van der Waals surface area contributed by atoms with Crippen LogP contribution < -0.4 is 16.8 Å². The Bertz CT molecular complexity index is 381. The zero-order chi connectivity index (χ0) is 12.9. The lowest BCUT2D eigenvalue weighted by atomic mass is 9.93. The van der Waals surface area contributed by atoms with Gasteiger partial charge in [-0.05, 0) is 12.8 Å². The molecule has 0 unspecified atom stereocenters. The first kappa shape index (κ1) is 13.4. The van der Waals surface area contributed by atoms with Crippen molar-refractivity contribution >= 4 is 11.7 Å². The Kier molecular flexibility index (Phi) is 4.39. The summed E-state index contributed by atoms with van der Waals surface area (Å²) in [6.07, 6.45) is 4.61. The number of aromatic nitrogens is 2. The van der Waals surface area contributed by atoms with Gasteiger partial charge in [0.2, 0.25) is 0 Å². The molecule has 1 aromatic heterocycles. The second-order valence-electron chi connectivity index (χ2n) is 3.93. The number of carbonyl (C=O) groups is 1. The Morgan fingerprint density at radius 1 is 1.35 bits per heavy atom. The van der Waals surface area contributed by atoms with Crippen LogP contribution in [0.4, 0.5) is 5.82 Å². The van der Waals surface area contributed by atoms with Crippen molar-refractivity contribution in [2.45, 2.75) is 32.2 Å². The minimum atomic E-state index is -0.598. The Hall–Kier alpha value is -1.69. The molecule has 5 N–H and O–H groups in total. The molecule has 1 rings (SSSR count). The van der Waals surface area contributed by atoms with Crippen LogP contribution in [-0.4, -0.2) is 28.0 Å². The number of amides is 1. The van der Waals surface area contributed by atoms with Crippen LogP contribution in [-0.2, 0) is 0 Å². The summed E-state index contributed by atoms with van der Waals surface area (Å²) in [7, 11) is 0. The normalized spacial score (nSPS) is 11.2. The van der Waals surface area contributed by atoms with Gasteiger partial charge in [0, 0.05) is 18.9 Å². The van der Waals surface area contributed by atoms with E-state index in [0.717, 1.165) is 12.8 Å². The van der Waals surface area contributed by atoms with Crippen LogP contribution in [0.5, 0.6) is 0 Å². The molecule has 0 bridgehead atoms. The molecular weight excluding hydrogens is 218 g/mol. The van der Waals surface area contributed by atoms with Crippen LogP contribution in [0.25, 0.3) is 0 Å². The lowest BCUT2D eigenvalue weighted by Gasteiger charge is -2.32. The van der Waals surface area contributed by atoms with E-state index in [-0.39, 0.29) is 11.2 Å². The molecule has 17 heavy (non-hydrogen) atoms. The topological polar surface area (TPSA) is 107 Å². The molecule has 1 amide bonds. The highest BCUT2D eigenvalue weighted by atomic mass is 16.1. The molecule has 1 aromatic rings. The summed E-state index contributed by atoms with van der Waals surface area (Å²) in [4.78, 5) is 19.2. The van der Waals surface area contributed by atoms with E-state index >= 15 is 0 Å². The van der Waals surface area contributed by atoms with Crippen molar-refractivity contribution in [3.63, 3.8) is 0 Å². The first-order valence-corrected chi connectivity index (χ1v) is 5.67. The Morgan fingerprint density at radius 2 is 1.94 bits per heavy atom. The second-order valence-corrected chi connectivity index (χ2v) is 3.93. The van der Waals surface area contributed by atoms with Crippen molar-refractivity contribution in [1.82, 2.24) is 9.97 Å². The van der Waals surface area contributed by atoms with E-state index in [1.54, 1.807) is 0 Å². The van der Waals surface area contributed by atoms with Gasteiger partial charge in [0.05, 0.1) is 5.54 Å². The smallest absolute Gasteiger partial charge is 0.271 e. The van der Waals surface area contributed by atoms with Crippen LogP contribution in [0, 0.1) is 0 Å². The maximum absolute atomic E-state index is 11.2. The van der Waals surface area contributed by atoms with E-state index in [1.165, 1.54) is 12.4 Å². The van der Waals surface area contributed by atoms with Gasteiger partial charge in [-0.25, -0.2) is 9.97 Å².